The van der Waals surface area contributed by atoms with Crippen LogP contribution >= 0.6 is 0 Å². The number of rotatable bonds is 8. The second-order valence-corrected chi connectivity index (χ2v) is 8.42. The maximum atomic E-state index is 12.8. The van der Waals surface area contributed by atoms with Gasteiger partial charge in [-0.05, 0) is 65.1 Å². The van der Waals surface area contributed by atoms with Gasteiger partial charge in [-0.25, -0.2) is 0 Å². The molecule has 0 spiro atoms. The molecule has 5 heteroatoms. The molecule has 0 aliphatic heterocycles. The molecule has 36 heavy (non-hydrogen) atoms. The maximum Gasteiger partial charge on any atom is 0.266 e. The van der Waals surface area contributed by atoms with E-state index in [-0.39, 0.29) is 5.57 Å². The summed E-state index contributed by atoms with van der Waals surface area (Å²) < 4.78 is 11.7. The summed E-state index contributed by atoms with van der Waals surface area (Å²) in [5.74, 6) is 0.654. The van der Waals surface area contributed by atoms with E-state index in [0.717, 1.165) is 33.9 Å². The van der Waals surface area contributed by atoms with Crippen LogP contribution in [0.15, 0.2) is 84.4 Å². The Morgan fingerprint density at radius 3 is 2.56 bits per heavy atom. The predicted octanol–water partition coefficient (Wildman–Crippen LogP) is 6.84. The molecule has 0 saturated carbocycles. The van der Waals surface area contributed by atoms with Gasteiger partial charge in [-0.3, -0.25) is 4.79 Å². The van der Waals surface area contributed by atoms with Gasteiger partial charge in [0.2, 0.25) is 0 Å². The zero-order valence-corrected chi connectivity index (χ0v) is 20.7. The number of para-hydroxylation sites is 1. The summed E-state index contributed by atoms with van der Waals surface area (Å²) >= 11 is 0. The van der Waals surface area contributed by atoms with E-state index in [1.165, 1.54) is 0 Å². The van der Waals surface area contributed by atoms with Crippen LogP contribution in [-0.4, -0.2) is 13.0 Å². The fourth-order valence-electron chi connectivity index (χ4n) is 4.14. The van der Waals surface area contributed by atoms with E-state index in [9.17, 15) is 10.1 Å². The molecule has 0 radical (unpaired) electrons. The molecule has 0 unspecified atom stereocenters. The highest BCUT2D eigenvalue weighted by Gasteiger charge is 2.13. The van der Waals surface area contributed by atoms with Crippen LogP contribution in [0.5, 0.6) is 11.5 Å². The second kappa shape index (κ2) is 11.2. The van der Waals surface area contributed by atoms with Gasteiger partial charge in [-0.15, -0.1) is 0 Å². The zero-order valence-electron chi connectivity index (χ0n) is 20.7. The molecule has 0 aromatic heterocycles. The van der Waals surface area contributed by atoms with Crippen LogP contribution in [-0.2, 0) is 17.8 Å². The van der Waals surface area contributed by atoms with E-state index in [0.29, 0.717) is 29.4 Å². The molecule has 0 heterocycles. The number of nitrogens with zero attached hydrogens (tertiary/aromatic N) is 1. The molecule has 0 bridgehead atoms. The fraction of sp³-hybridized carbons (Fsp3) is 0.161. The van der Waals surface area contributed by atoms with Crippen molar-refractivity contribution in [2.75, 3.05) is 12.4 Å². The Kier molecular flexibility index (Phi) is 7.67. The van der Waals surface area contributed by atoms with Gasteiger partial charge in [0.05, 0.1) is 7.11 Å². The van der Waals surface area contributed by atoms with Gasteiger partial charge >= 0.3 is 0 Å². The number of methoxy groups -OCH3 is 1. The number of fused-ring (bicyclic) bond motifs is 1. The lowest BCUT2D eigenvalue weighted by atomic mass is 10.0. The molecule has 0 fully saturated rings. The fourth-order valence-corrected chi connectivity index (χ4v) is 4.14. The largest absolute Gasteiger partial charge is 0.493 e. The number of anilines is 1. The number of hydrogen-bond donors (Lipinski definition) is 1. The van der Waals surface area contributed by atoms with E-state index in [2.05, 4.69) is 36.5 Å². The van der Waals surface area contributed by atoms with Gasteiger partial charge in [-0.1, -0.05) is 67.6 Å². The van der Waals surface area contributed by atoms with E-state index < -0.39 is 5.91 Å². The molecular weight excluding hydrogens is 448 g/mol. The third-order valence-corrected chi connectivity index (χ3v) is 6.16. The first-order valence-corrected chi connectivity index (χ1v) is 11.8. The average molecular weight is 477 g/mol. The Morgan fingerprint density at radius 2 is 1.78 bits per heavy atom. The van der Waals surface area contributed by atoms with E-state index in [1.807, 2.05) is 49.4 Å². The summed E-state index contributed by atoms with van der Waals surface area (Å²) in [5.41, 5.74) is 4.65. The minimum absolute atomic E-state index is 0.00278. The predicted molar refractivity (Wildman–Crippen MR) is 144 cm³/mol. The van der Waals surface area contributed by atoms with Crippen molar-refractivity contribution in [1.82, 2.24) is 0 Å². The number of hydrogen-bond acceptors (Lipinski definition) is 4. The zero-order chi connectivity index (χ0) is 25.5. The Labute approximate surface area is 211 Å². The van der Waals surface area contributed by atoms with Crippen LogP contribution in [0.2, 0.25) is 0 Å². The smallest absolute Gasteiger partial charge is 0.266 e. The van der Waals surface area contributed by atoms with Crippen molar-refractivity contribution in [3.05, 3.63) is 107 Å². The number of carbonyl (C=O) groups is 1. The molecule has 180 valence electrons. The highest BCUT2D eigenvalue weighted by Crippen LogP contribution is 2.31. The Hall–Kier alpha value is -4.56. The summed E-state index contributed by atoms with van der Waals surface area (Å²) in [5, 5.41) is 14.8. The molecule has 5 nitrogen and oxygen atoms in total. The number of aryl methyl sites for hydroxylation is 2. The molecule has 0 atom stereocenters. The first-order chi connectivity index (χ1) is 17.5. The summed E-state index contributed by atoms with van der Waals surface area (Å²) in [4.78, 5) is 12.8. The van der Waals surface area contributed by atoms with Gasteiger partial charge in [0, 0.05) is 11.3 Å². The topological polar surface area (TPSA) is 71.4 Å². The number of nitrogens with one attached hydrogen (secondary N) is 1. The van der Waals surface area contributed by atoms with Crippen molar-refractivity contribution in [1.29, 1.82) is 5.26 Å². The number of benzene rings is 4. The monoisotopic (exact) mass is 476 g/mol. The summed E-state index contributed by atoms with van der Waals surface area (Å²) in [7, 11) is 1.57. The average Bonchev–Trinajstić information content (AvgIpc) is 2.91. The minimum Gasteiger partial charge on any atom is -0.493 e. The first kappa shape index (κ1) is 24.6. The number of ether oxygens (including phenoxy) is 2. The molecule has 0 aliphatic rings. The molecule has 1 N–H and O–H groups in total. The quantitative estimate of drug-likeness (QED) is 0.223. The third kappa shape index (κ3) is 5.39. The Bertz CT molecular complexity index is 1480. The van der Waals surface area contributed by atoms with Gasteiger partial charge in [0.1, 0.15) is 18.2 Å². The van der Waals surface area contributed by atoms with E-state index >= 15 is 0 Å². The highest BCUT2D eigenvalue weighted by atomic mass is 16.5. The molecule has 4 rings (SSSR count). The van der Waals surface area contributed by atoms with Crippen molar-refractivity contribution < 1.29 is 14.3 Å². The molecule has 0 saturated heterocycles. The number of carbonyl (C=O) groups excluding carboxylic acids is 1. The number of nitriles is 1. The van der Waals surface area contributed by atoms with E-state index in [4.69, 9.17) is 9.47 Å². The van der Waals surface area contributed by atoms with Crippen molar-refractivity contribution in [2.24, 2.45) is 0 Å². The number of amides is 1. The van der Waals surface area contributed by atoms with Crippen molar-refractivity contribution in [3.63, 3.8) is 0 Å². The normalized spacial score (nSPS) is 11.1. The van der Waals surface area contributed by atoms with Gasteiger partial charge in [0.25, 0.3) is 5.91 Å². The van der Waals surface area contributed by atoms with E-state index in [1.54, 1.807) is 31.4 Å². The lowest BCUT2D eigenvalue weighted by Gasteiger charge is -2.14. The molecule has 0 aliphatic carbocycles. The SMILES string of the molecule is CCc1ccccc1NC(=O)/C(C#N)=C/c1ccc(OCc2c(C)ccc3ccccc23)c(OC)c1. The van der Waals surface area contributed by atoms with Crippen LogP contribution in [0.3, 0.4) is 0 Å². The second-order valence-electron chi connectivity index (χ2n) is 8.42. The molecule has 4 aromatic carbocycles. The van der Waals surface area contributed by atoms with Gasteiger partial charge < -0.3 is 14.8 Å². The molecular formula is C31H28N2O3. The maximum absolute atomic E-state index is 12.8. The lowest BCUT2D eigenvalue weighted by Crippen LogP contribution is -2.14. The van der Waals surface area contributed by atoms with Crippen LogP contribution in [0.1, 0.15) is 29.2 Å². The summed E-state index contributed by atoms with van der Waals surface area (Å²) in [6, 6.07) is 27.4. The van der Waals surface area contributed by atoms with Crippen molar-refractivity contribution >= 4 is 28.4 Å². The standard InChI is InChI=1S/C31H28N2O3/c1-4-23-9-6-8-12-28(23)33-31(34)25(19-32)17-22-14-16-29(30(18-22)35-3)36-20-27-21(2)13-15-24-10-5-7-11-26(24)27/h5-18H,4,20H2,1-3H3,(H,33,34)/b25-17+. The lowest BCUT2D eigenvalue weighted by molar-refractivity contribution is -0.112. The van der Waals surface area contributed by atoms with Crippen LogP contribution in [0.25, 0.3) is 16.8 Å². The Balaban J connectivity index is 1.55. The van der Waals surface area contributed by atoms with Gasteiger partial charge in [0.15, 0.2) is 11.5 Å². The van der Waals surface area contributed by atoms with Crippen LogP contribution in [0.4, 0.5) is 5.69 Å². The summed E-state index contributed by atoms with van der Waals surface area (Å²) in [6.07, 6.45) is 2.32. The first-order valence-electron chi connectivity index (χ1n) is 11.8. The van der Waals surface area contributed by atoms with Crippen molar-refractivity contribution in [2.45, 2.75) is 26.9 Å². The third-order valence-electron chi connectivity index (χ3n) is 6.16. The summed E-state index contributed by atoms with van der Waals surface area (Å²) in [6.45, 7) is 4.48. The molecule has 1 amide bonds. The minimum atomic E-state index is -0.455. The van der Waals surface area contributed by atoms with Crippen molar-refractivity contribution in [3.8, 4) is 17.6 Å². The van der Waals surface area contributed by atoms with Crippen LogP contribution in [0, 0.1) is 18.3 Å². The van der Waals surface area contributed by atoms with Crippen LogP contribution < -0.4 is 14.8 Å². The molecule has 4 aromatic rings. The highest BCUT2D eigenvalue weighted by molar-refractivity contribution is 6.10. The van der Waals surface area contributed by atoms with Gasteiger partial charge in [-0.2, -0.15) is 5.26 Å². The Morgan fingerprint density at radius 1 is 1.00 bits per heavy atom.